The zero-order valence-corrected chi connectivity index (χ0v) is 12.4. The second-order valence-electron chi connectivity index (χ2n) is 5.84. The van der Waals surface area contributed by atoms with Gasteiger partial charge in [-0.2, -0.15) is 0 Å². The molecule has 0 aromatic heterocycles. The van der Waals surface area contributed by atoms with Gasteiger partial charge in [-0.05, 0) is 23.6 Å². The molecular weight excluding hydrogens is 255 g/mol. The van der Waals surface area contributed by atoms with Gasteiger partial charge < -0.3 is 10.2 Å². The second kappa shape index (κ2) is 6.35. The molecule has 1 aliphatic heterocycles. The molecule has 1 aromatic carbocycles. The number of rotatable bonds is 3. The zero-order chi connectivity index (χ0) is 14.7. The third-order valence-electron chi connectivity index (χ3n) is 4.15. The highest BCUT2D eigenvalue weighted by Gasteiger charge is 2.31. The number of hydrogen-bond acceptors (Lipinski definition) is 2. The van der Waals surface area contributed by atoms with Gasteiger partial charge in [0.15, 0.2) is 0 Å². The van der Waals surface area contributed by atoms with Crippen LogP contribution >= 0.6 is 0 Å². The Hall–Kier alpha value is -1.42. The van der Waals surface area contributed by atoms with Gasteiger partial charge >= 0.3 is 0 Å². The number of nitrogens with zero attached hydrogens (tertiary/aromatic N) is 1. The van der Waals surface area contributed by atoms with Crippen molar-refractivity contribution in [1.29, 1.82) is 0 Å². The summed E-state index contributed by atoms with van der Waals surface area (Å²) in [6, 6.07) is 6.48. The van der Waals surface area contributed by atoms with E-state index in [0.717, 1.165) is 12.1 Å². The first-order valence-corrected chi connectivity index (χ1v) is 7.27. The zero-order valence-electron chi connectivity index (χ0n) is 12.4. The van der Waals surface area contributed by atoms with Crippen molar-refractivity contribution in [3.63, 3.8) is 0 Å². The van der Waals surface area contributed by atoms with Crippen LogP contribution in [0.4, 0.5) is 4.39 Å². The van der Waals surface area contributed by atoms with Gasteiger partial charge in [0.25, 0.3) is 0 Å². The summed E-state index contributed by atoms with van der Waals surface area (Å²) in [5.41, 5.74) is 0.863. The quantitative estimate of drug-likeness (QED) is 0.921. The lowest BCUT2D eigenvalue weighted by molar-refractivity contribution is -0.139. The van der Waals surface area contributed by atoms with Gasteiger partial charge in [0, 0.05) is 25.6 Å². The molecule has 1 heterocycles. The molecule has 110 valence electrons. The topological polar surface area (TPSA) is 32.3 Å². The van der Waals surface area contributed by atoms with E-state index < -0.39 is 0 Å². The van der Waals surface area contributed by atoms with Crippen molar-refractivity contribution in [2.45, 2.75) is 26.8 Å². The molecule has 1 N–H and O–H groups in total. The first-order chi connectivity index (χ1) is 9.50. The van der Waals surface area contributed by atoms with Crippen molar-refractivity contribution in [1.82, 2.24) is 10.2 Å². The van der Waals surface area contributed by atoms with Crippen molar-refractivity contribution >= 4 is 5.91 Å². The van der Waals surface area contributed by atoms with Gasteiger partial charge in [-0.25, -0.2) is 4.39 Å². The molecule has 1 aliphatic rings. The van der Waals surface area contributed by atoms with Crippen molar-refractivity contribution < 1.29 is 9.18 Å². The maximum atomic E-state index is 13.4. The van der Waals surface area contributed by atoms with Crippen LogP contribution in [0.15, 0.2) is 24.3 Å². The van der Waals surface area contributed by atoms with Crippen LogP contribution in [0.1, 0.15) is 32.4 Å². The molecule has 1 aromatic rings. The molecule has 3 nitrogen and oxygen atoms in total. The third kappa shape index (κ3) is 3.18. The molecule has 1 saturated heterocycles. The van der Waals surface area contributed by atoms with Crippen LogP contribution in [-0.2, 0) is 4.79 Å². The van der Waals surface area contributed by atoms with Crippen molar-refractivity contribution in [2.24, 2.45) is 11.8 Å². The maximum absolute atomic E-state index is 13.4. The normalized spacial score (nSPS) is 21.1. The maximum Gasteiger partial charge on any atom is 0.226 e. The van der Waals surface area contributed by atoms with E-state index in [9.17, 15) is 9.18 Å². The van der Waals surface area contributed by atoms with Crippen molar-refractivity contribution in [3.05, 3.63) is 35.6 Å². The standard InChI is InChI=1S/C16H23FN2O/c1-11(2)12(3)16(20)19-8-7-18-10-15(19)13-5-4-6-14(17)9-13/h4-6,9,11-12,15,18H,7-8,10H2,1-3H3. The lowest BCUT2D eigenvalue weighted by Crippen LogP contribution is -2.50. The Bertz CT molecular complexity index is 475. The number of nitrogens with one attached hydrogen (secondary N) is 1. The molecule has 0 spiro atoms. The van der Waals surface area contributed by atoms with E-state index in [1.807, 2.05) is 17.9 Å². The number of amides is 1. The third-order valence-corrected chi connectivity index (χ3v) is 4.15. The van der Waals surface area contributed by atoms with E-state index in [-0.39, 0.29) is 23.7 Å². The Kier molecular flexibility index (Phi) is 4.76. The Morgan fingerprint density at radius 1 is 1.40 bits per heavy atom. The molecule has 0 radical (unpaired) electrons. The first kappa shape index (κ1) is 15.0. The van der Waals surface area contributed by atoms with Crippen LogP contribution in [0.3, 0.4) is 0 Å². The highest BCUT2D eigenvalue weighted by molar-refractivity contribution is 5.79. The fourth-order valence-electron chi connectivity index (χ4n) is 2.53. The minimum absolute atomic E-state index is 0.0100. The number of carbonyl (C=O) groups excluding carboxylic acids is 1. The van der Waals surface area contributed by atoms with Gasteiger partial charge in [-0.15, -0.1) is 0 Å². The summed E-state index contributed by atoms with van der Waals surface area (Å²) in [6.45, 7) is 8.24. The van der Waals surface area contributed by atoms with Crippen LogP contribution in [-0.4, -0.2) is 30.4 Å². The summed E-state index contributed by atoms with van der Waals surface area (Å²) in [5, 5.41) is 3.29. The monoisotopic (exact) mass is 278 g/mol. The average Bonchev–Trinajstić information content (AvgIpc) is 2.45. The molecule has 2 rings (SSSR count). The van der Waals surface area contributed by atoms with E-state index in [1.165, 1.54) is 12.1 Å². The van der Waals surface area contributed by atoms with Gasteiger partial charge in [0.1, 0.15) is 5.82 Å². The van der Waals surface area contributed by atoms with Gasteiger partial charge in [0.05, 0.1) is 6.04 Å². The Labute approximate surface area is 120 Å². The second-order valence-corrected chi connectivity index (χ2v) is 5.84. The number of piperazine rings is 1. The first-order valence-electron chi connectivity index (χ1n) is 7.27. The minimum Gasteiger partial charge on any atom is -0.333 e. The summed E-state index contributed by atoms with van der Waals surface area (Å²) >= 11 is 0. The van der Waals surface area contributed by atoms with E-state index >= 15 is 0 Å². The minimum atomic E-state index is -0.252. The highest BCUT2D eigenvalue weighted by atomic mass is 19.1. The van der Waals surface area contributed by atoms with Crippen LogP contribution < -0.4 is 5.32 Å². The van der Waals surface area contributed by atoms with Crippen molar-refractivity contribution in [2.75, 3.05) is 19.6 Å². The average molecular weight is 278 g/mol. The molecule has 1 amide bonds. The number of benzene rings is 1. The highest BCUT2D eigenvalue weighted by Crippen LogP contribution is 2.26. The summed E-state index contributed by atoms with van der Waals surface area (Å²) in [5.74, 6) is 0.211. The predicted molar refractivity (Wildman–Crippen MR) is 77.7 cm³/mol. The SMILES string of the molecule is CC(C)C(C)C(=O)N1CCNCC1c1cccc(F)c1. The van der Waals surface area contributed by atoms with E-state index in [4.69, 9.17) is 0 Å². The smallest absolute Gasteiger partial charge is 0.226 e. The Balaban J connectivity index is 2.23. The number of hydrogen-bond donors (Lipinski definition) is 1. The lowest BCUT2D eigenvalue weighted by Gasteiger charge is -2.38. The number of carbonyl (C=O) groups is 1. The van der Waals surface area contributed by atoms with Crippen LogP contribution in [0.25, 0.3) is 0 Å². The molecule has 2 atom stereocenters. The fraction of sp³-hybridized carbons (Fsp3) is 0.562. The molecular formula is C16H23FN2O. The summed E-state index contributed by atoms with van der Waals surface area (Å²) in [6.07, 6.45) is 0. The number of halogens is 1. The van der Waals surface area contributed by atoms with E-state index in [0.29, 0.717) is 19.0 Å². The van der Waals surface area contributed by atoms with Gasteiger partial charge in [-0.1, -0.05) is 32.9 Å². The Morgan fingerprint density at radius 3 is 2.80 bits per heavy atom. The molecule has 1 fully saturated rings. The fourth-order valence-corrected chi connectivity index (χ4v) is 2.53. The summed E-state index contributed by atoms with van der Waals surface area (Å²) < 4.78 is 13.4. The largest absolute Gasteiger partial charge is 0.333 e. The van der Waals surface area contributed by atoms with Gasteiger partial charge in [-0.3, -0.25) is 4.79 Å². The van der Waals surface area contributed by atoms with Crippen LogP contribution in [0, 0.1) is 17.7 Å². The van der Waals surface area contributed by atoms with Gasteiger partial charge in [0.2, 0.25) is 5.91 Å². The molecule has 2 unspecified atom stereocenters. The van der Waals surface area contributed by atoms with Crippen LogP contribution in [0.2, 0.25) is 0 Å². The van der Waals surface area contributed by atoms with E-state index in [1.54, 1.807) is 6.07 Å². The van der Waals surface area contributed by atoms with Crippen LogP contribution in [0.5, 0.6) is 0 Å². The molecule has 0 aliphatic carbocycles. The molecule has 4 heteroatoms. The molecule has 0 bridgehead atoms. The van der Waals surface area contributed by atoms with Crippen molar-refractivity contribution in [3.8, 4) is 0 Å². The molecule has 0 saturated carbocycles. The predicted octanol–water partition coefficient (Wildman–Crippen LogP) is 2.59. The molecule has 20 heavy (non-hydrogen) atoms. The van der Waals surface area contributed by atoms with E-state index in [2.05, 4.69) is 19.2 Å². The summed E-state index contributed by atoms with van der Waals surface area (Å²) in [4.78, 5) is 14.5. The Morgan fingerprint density at radius 2 is 2.15 bits per heavy atom. The lowest BCUT2D eigenvalue weighted by atomic mass is 9.94. The summed E-state index contributed by atoms with van der Waals surface area (Å²) in [7, 11) is 0.